The normalized spacial score (nSPS) is 14.4. The molecular weight excluding hydrogens is 398 g/mol. The summed E-state index contributed by atoms with van der Waals surface area (Å²) in [5.74, 6) is 0.0996. The molecule has 9 nitrogen and oxygen atoms in total. The maximum absolute atomic E-state index is 12.7. The first-order chi connectivity index (χ1) is 15.0. The van der Waals surface area contributed by atoms with E-state index in [1.165, 1.54) is 17.0 Å². The van der Waals surface area contributed by atoms with Crippen molar-refractivity contribution in [3.05, 3.63) is 58.6 Å². The van der Waals surface area contributed by atoms with Gasteiger partial charge in [-0.3, -0.25) is 9.59 Å². The van der Waals surface area contributed by atoms with Crippen molar-refractivity contribution in [1.29, 1.82) is 0 Å². The van der Waals surface area contributed by atoms with Gasteiger partial charge in [-0.15, -0.1) is 5.10 Å². The van der Waals surface area contributed by atoms with Crippen molar-refractivity contribution in [1.82, 2.24) is 19.5 Å². The number of pyridine rings is 1. The first-order valence-electron chi connectivity index (χ1n) is 10.4. The van der Waals surface area contributed by atoms with Gasteiger partial charge in [-0.1, -0.05) is 19.3 Å². The van der Waals surface area contributed by atoms with Crippen LogP contribution in [0.2, 0.25) is 0 Å². The number of ether oxygens (including phenoxy) is 1. The molecule has 31 heavy (non-hydrogen) atoms. The first-order valence-corrected chi connectivity index (χ1v) is 10.4. The van der Waals surface area contributed by atoms with Gasteiger partial charge >= 0.3 is 5.69 Å². The zero-order valence-electron chi connectivity index (χ0n) is 17.3. The van der Waals surface area contributed by atoms with Crippen LogP contribution in [0.4, 0.5) is 5.69 Å². The third-order valence-corrected chi connectivity index (χ3v) is 5.45. The molecule has 0 bridgehead atoms. The Bertz CT molecular complexity index is 1140. The van der Waals surface area contributed by atoms with Crippen LogP contribution in [0.5, 0.6) is 5.75 Å². The molecule has 2 amide bonds. The largest absolute Gasteiger partial charge is 0.497 e. The molecule has 4 rings (SSSR count). The van der Waals surface area contributed by atoms with Crippen molar-refractivity contribution in [2.45, 2.75) is 44.7 Å². The van der Waals surface area contributed by atoms with Gasteiger partial charge in [-0.25, -0.2) is 13.9 Å². The van der Waals surface area contributed by atoms with Crippen LogP contribution in [0.15, 0.2) is 47.4 Å². The summed E-state index contributed by atoms with van der Waals surface area (Å²) in [6.07, 6.45) is 6.80. The average Bonchev–Trinajstić information content (AvgIpc) is 3.09. The number of hydrogen-bond donors (Lipinski definition) is 2. The second kappa shape index (κ2) is 9.03. The number of benzene rings is 1. The van der Waals surface area contributed by atoms with E-state index in [2.05, 4.69) is 15.7 Å². The molecule has 1 aliphatic rings. The lowest BCUT2D eigenvalue weighted by molar-refractivity contribution is -0.122. The van der Waals surface area contributed by atoms with E-state index in [0.717, 1.165) is 30.4 Å². The highest BCUT2D eigenvalue weighted by atomic mass is 16.5. The number of nitrogens with zero attached hydrogens (tertiary/aromatic N) is 3. The summed E-state index contributed by atoms with van der Waals surface area (Å²) >= 11 is 0. The fourth-order valence-corrected chi connectivity index (χ4v) is 3.79. The number of rotatable bonds is 6. The Morgan fingerprint density at radius 3 is 2.55 bits per heavy atom. The molecule has 0 unspecified atom stereocenters. The lowest BCUT2D eigenvalue weighted by atomic mass is 9.95. The molecule has 1 aromatic carbocycles. The molecule has 1 aliphatic carbocycles. The van der Waals surface area contributed by atoms with Crippen molar-refractivity contribution >= 4 is 23.1 Å². The van der Waals surface area contributed by atoms with Crippen molar-refractivity contribution in [2.24, 2.45) is 0 Å². The van der Waals surface area contributed by atoms with Crippen LogP contribution in [-0.4, -0.2) is 39.1 Å². The van der Waals surface area contributed by atoms with Gasteiger partial charge in [-0.2, -0.15) is 0 Å². The number of amides is 2. The summed E-state index contributed by atoms with van der Waals surface area (Å²) in [7, 11) is 1.57. The average molecular weight is 423 g/mol. The van der Waals surface area contributed by atoms with E-state index in [1.807, 2.05) is 0 Å². The Morgan fingerprint density at radius 1 is 1.10 bits per heavy atom. The SMILES string of the molecule is COc1ccc(NC(=O)c2ccc3nn(CC(=O)NC4CCCCC4)c(=O)n3c2)cc1. The predicted octanol–water partition coefficient (Wildman–Crippen LogP) is 2.21. The highest BCUT2D eigenvalue weighted by Crippen LogP contribution is 2.17. The van der Waals surface area contributed by atoms with Crippen molar-refractivity contribution in [3.63, 3.8) is 0 Å². The summed E-state index contributed by atoms with van der Waals surface area (Å²) < 4.78 is 7.50. The van der Waals surface area contributed by atoms with Crippen LogP contribution in [0, 0.1) is 0 Å². The lowest BCUT2D eigenvalue weighted by Crippen LogP contribution is -2.40. The summed E-state index contributed by atoms with van der Waals surface area (Å²) in [5, 5.41) is 9.97. The number of anilines is 1. The summed E-state index contributed by atoms with van der Waals surface area (Å²) in [6, 6.07) is 10.3. The van der Waals surface area contributed by atoms with Crippen molar-refractivity contribution in [3.8, 4) is 5.75 Å². The molecule has 0 saturated heterocycles. The molecule has 3 aromatic rings. The molecule has 2 aromatic heterocycles. The number of hydrogen-bond acceptors (Lipinski definition) is 5. The maximum atomic E-state index is 12.7. The van der Waals surface area contributed by atoms with E-state index in [4.69, 9.17) is 4.74 Å². The minimum Gasteiger partial charge on any atom is -0.497 e. The Balaban J connectivity index is 1.47. The van der Waals surface area contributed by atoms with Crippen LogP contribution in [0.3, 0.4) is 0 Å². The minimum atomic E-state index is -0.465. The Labute approximate surface area is 179 Å². The molecule has 0 atom stereocenters. The third kappa shape index (κ3) is 4.76. The van der Waals surface area contributed by atoms with Crippen LogP contribution in [0.25, 0.3) is 5.65 Å². The number of aromatic nitrogens is 3. The van der Waals surface area contributed by atoms with Gasteiger partial charge in [0, 0.05) is 17.9 Å². The topological polar surface area (TPSA) is 107 Å². The van der Waals surface area contributed by atoms with Gasteiger partial charge in [0.1, 0.15) is 12.3 Å². The van der Waals surface area contributed by atoms with E-state index in [1.54, 1.807) is 43.5 Å². The van der Waals surface area contributed by atoms with Gasteiger partial charge in [0.25, 0.3) is 5.91 Å². The molecule has 1 saturated carbocycles. The van der Waals surface area contributed by atoms with Gasteiger partial charge in [0.15, 0.2) is 5.65 Å². The van der Waals surface area contributed by atoms with E-state index < -0.39 is 5.69 Å². The fourth-order valence-electron chi connectivity index (χ4n) is 3.79. The second-order valence-electron chi connectivity index (χ2n) is 7.67. The van der Waals surface area contributed by atoms with E-state index in [0.29, 0.717) is 22.6 Å². The van der Waals surface area contributed by atoms with Crippen LogP contribution >= 0.6 is 0 Å². The van der Waals surface area contributed by atoms with Gasteiger partial charge in [-0.05, 0) is 49.2 Å². The minimum absolute atomic E-state index is 0.148. The smallest absolute Gasteiger partial charge is 0.350 e. The van der Waals surface area contributed by atoms with E-state index in [-0.39, 0.29) is 24.4 Å². The third-order valence-electron chi connectivity index (χ3n) is 5.45. The van der Waals surface area contributed by atoms with Crippen LogP contribution in [-0.2, 0) is 11.3 Å². The Kier molecular flexibility index (Phi) is 6.01. The zero-order valence-corrected chi connectivity index (χ0v) is 17.3. The molecule has 0 radical (unpaired) electrons. The summed E-state index contributed by atoms with van der Waals surface area (Å²) in [4.78, 5) is 37.6. The van der Waals surface area contributed by atoms with Gasteiger partial charge in [0.2, 0.25) is 5.91 Å². The highest BCUT2D eigenvalue weighted by molar-refractivity contribution is 6.04. The Hall–Kier alpha value is -3.62. The predicted molar refractivity (Wildman–Crippen MR) is 115 cm³/mol. The molecule has 0 aliphatic heterocycles. The molecule has 2 heterocycles. The monoisotopic (exact) mass is 423 g/mol. The molecule has 1 fully saturated rings. The quantitative estimate of drug-likeness (QED) is 0.632. The first kappa shape index (κ1) is 20.6. The molecule has 0 spiro atoms. The van der Waals surface area contributed by atoms with Crippen molar-refractivity contribution < 1.29 is 14.3 Å². The van der Waals surface area contributed by atoms with Crippen LogP contribution < -0.4 is 21.1 Å². The number of nitrogens with one attached hydrogen (secondary N) is 2. The van der Waals surface area contributed by atoms with E-state index >= 15 is 0 Å². The fraction of sp³-hybridized carbons (Fsp3) is 0.364. The number of carbonyl (C=O) groups is 2. The Morgan fingerprint density at radius 2 is 1.84 bits per heavy atom. The zero-order chi connectivity index (χ0) is 21.8. The van der Waals surface area contributed by atoms with Gasteiger partial charge < -0.3 is 15.4 Å². The van der Waals surface area contributed by atoms with Crippen LogP contribution in [0.1, 0.15) is 42.5 Å². The number of fused-ring (bicyclic) bond motifs is 1. The van der Waals surface area contributed by atoms with Crippen molar-refractivity contribution in [2.75, 3.05) is 12.4 Å². The maximum Gasteiger partial charge on any atom is 0.350 e. The second-order valence-corrected chi connectivity index (χ2v) is 7.67. The molecular formula is C22H25N5O4. The van der Waals surface area contributed by atoms with Gasteiger partial charge in [0.05, 0.1) is 12.7 Å². The number of methoxy groups -OCH3 is 1. The molecule has 9 heteroatoms. The van der Waals surface area contributed by atoms with E-state index in [9.17, 15) is 14.4 Å². The summed E-state index contributed by atoms with van der Waals surface area (Å²) in [6.45, 7) is -0.148. The number of carbonyl (C=O) groups excluding carboxylic acids is 2. The standard InChI is InChI=1S/C22H25N5O4/c1-31-18-10-8-17(9-11-18)24-21(29)15-7-12-19-25-27(22(30)26(19)13-15)14-20(28)23-16-5-3-2-4-6-16/h7-13,16H,2-6,14H2,1H3,(H,23,28)(H,24,29). The highest BCUT2D eigenvalue weighted by Gasteiger charge is 2.18. The molecule has 2 N–H and O–H groups in total. The summed E-state index contributed by atoms with van der Waals surface area (Å²) in [5.41, 5.74) is 0.814. The molecule has 162 valence electrons. The lowest BCUT2D eigenvalue weighted by Gasteiger charge is -2.22.